The summed E-state index contributed by atoms with van der Waals surface area (Å²) in [6.45, 7) is 0.540. The van der Waals surface area contributed by atoms with Crippen LogP contribution in [0, 0.1) is 11.3 Å². The van der Waals surface area contributed by atoms with Crippen LogP contribution in [-0.4, -0.2) is 42.8 Å². The van der Waals surface area contributed by atoms with E-state index in [1.54, 1.807) is 47.5 Å². The molecule has 35 heavy (non-hydrogen) atoms. The summed E-state index contributed by atoms with van der Waals surface area (Å²) in [4.78, 5) is 17.8. The van der Waals surface area contributed by atoms with Crippen LogP contribution in [0.25, 0.3) is 21.7 Å². The number of nitrogens with two attached hydrogens (primary N) is 1. The van der Waals surface area contributed by atoms with E-state index in [-0.39, 0.29) is 17.2 Å². The SMILES string of the molecule is N#C[C@@H]1CCCN1C(=O)[C@@H](N)Cc1c[nH]c2ccc(NS(=O)(=O)c3cccc4ccccc34)cc12. The highest BCUT2D eigenvalue weighted by atomic mass is 32.2. The van der Waals surface area contributed by atoms with Crippen molar-refractivity contribution in [2.24, 2.45) is 5.73 Å². The number of hydrogen-bond donors (Lipinski definition) is 3. The Morgan fingerprint density at radius 1 is 1.17 bits per heavy atom. The number of rotatable bonds is 6. The molecule has 1 fully saturated rings. The number of aromatic nitrogens is 1. The Balaban J connectivity index is 1.40. The maximum atomic E-state index is 13.2. The third-order valence-electron chi connectivity index (χ3n) is 6.50. The fourth-order valence-corrected chi connectivity index (χ4v) is 6.03. The maximum Gasteiger partial charge on any atom is 0.262 e. The van der Waals surface area contributed by atoms with Crippen LogP contribution in [0.3, 0.4) is 0 Å². The van der Waals surface area contributed by atoms with Gasteiger partial charge in [0.25, 0.3) is 10.0 Å². The standard InChI is InChI=1S/C26H25N5O3S/c27-15-20-7-4-12-31(20)26(32)23(28)13-18-16-29-24-11-10-19(14-22(18)24)30-35(33,34)25-9-3-6-17-5-1-2-8-21(17)25/h1-3,5-6,8-11,14,16,20,23,29-30H,4,7,12-13,28H2/t20-,23-/m0/s1. The molecular weight excluding hydrogens is 462 g/mol. The van der Waals surface area contributed by atoms with Gasteiger partial charge in [-0.2, -0.15) is 5.26 Å². The highest BCUT2D eigenvalue weighted by Crippen LogP contribution is 2.28. The number of likely N-dealkylation sites (tertiary alicyclic amines) is 1. The van der Waals surface area contributed by atoms with Gasteiger partial charge in [0.05, 0.1) is 17.0 Å². The van der Waals surface area contributed by atoms with Crippen LogP contribution in [0.4, 0.5) is 5.69 Å². The Kier molecular flexibility index (Phi) is 5.93. The van der Waals surface area contributed by atoms with E-state index in [0.29, 0.717) is 24.0 Å². The molecule has 1 aromatic heterocycles. The van der Waals surface area contributed by atoms with E-state index in [2.05, 4.69) is 15.8 Å². The lowest BCUT2D eigenvalue weighted by atomic mass is 10.0. The maximum absolute atomic E-state index is 13.2. The number of benzene rings is 3. The molecule has 0 spiro atoms. The zero-order valence-electron chi connectivity index (χ0n) is 18.9. The summed E-state index contributed by atoms with van der Waals surface area (Å²) in [6.07, 6.45) is 3.52. The van der Waals surface area contributed by atoms with Crippen molar-refractivity contribution in [2.45, 2.75) is 36.2 Å². The van der Waals surface area contributed by atoms with Gasteiger partial charge < -0.3 is 15.6 Å². The molecule has 1 saturated heterocycles. The van der Waals surface area contributed by atoms with Gasteiger partial charge in [0.2, 0.25) is 5.91 Å². The van der Waals surface area contributed by atoms with Gasteiger partial charge in [0, 0.05) is 34.7 Å². The molecule has 1 aliphatic heterocycles. The van der Waals surface area contributed by atoms with E-state index in [1.807, 2.05) is 24.3 Å². The summed E-state index contributed by atoms with van der Waals surface area (Å²) in [5.74, 6) is -0.240. The number of nitriles is 1. The molecule has 178 valence electrons. The second-order valence-corrected chi connectivity index (χ2v) is 10.4. The average Bonchev–Trinajstić information content (AvgIpc) is 3.50. The van der Waals surface area contributed by atoms with Crippen molar-refractivity contribution in [1.29, 1.82) is 5.26 Å². The van der Waals surface area contributed by atoms with E-state index in [4.69, 9.17) is 5.73 Å². The number of nitrogens with zero attached hydrogens (tertiary/aromatic N) is 2. The summed E-state index contributed by atoms with van der Waals surface area (Å²) in [7, 11) is -3.84. The lowest BCUT2D eigenvalue weighted by Crippen LogP contribution is -2.46. The van der Waals surface area contributed by atoms with Gasteiger partial charge in [0.15, 0.2) is 0 Å². The number of fused-ring (bicyclic) bond motifs is 2. The Hall–Kier alpha value is -3.87. The fraction of sp³-hybridized carbons (Fsp3) is 0.231. The molecule has 8 nitrogen and oxygen atoms in total. The van der Waals surface area contributed by atoms with E-state index in [0.717, 1.165) is 28.3 Å². The first-order chi connectivity index (χ1) is 16.9. The fourth-order valence-electron chi connectivity index (χ4n) is 4.75. The molecule has 0 saturated carbocycles. The molecule has 2 atom stereocenters. The van der Waals surface area contributed by atoms with Crippen LogP contribution in [-0.2, 0) is 21.2 Å². The molecule has 4 N–H and O–H groups in total. The second-order valence-electron chi connectivity index (χ2n) is 8.79. The predicted octanol–water partition coefficient (Wildman–Crippen LogP) is 3.51. The molecule has 3 aromatic carbocycles. The average molecular weight is 488 g/mol. The first-order valence-electron chi connectivity index (χ1n) is 11.4. The van der Waals surface area contributed by atoms with Crippen LogP contribution in [0.15, 0.2) is 71.8 Å². The Morgan fingerprint density at radius 3 is 2.80 bits per heavy atom. The molecule has 1 amide bonds. The van der Waals surface area contributed by atoms with Gasteiger partial charge in [-0.05, 0) is 54.5 Å². The van der Waals surface area contributed by atoms with Gasteiger partial charge in [0.1, 0.15) is 6.04 Å². The van der Waals surface area contributed by atoms with Crippen LogP contribution >= 0.6 is 0 Å². The minimum Gasteiger partial charge on any atom is -0.361 e. The number of hydrogen-bond acceptors (Lipinski definition) is 5. The number of sulfonamides is 1. The Bertz CT molecular complexity index is 1570. The molecule has 0 bridgehead atoms. The molecule has 2 heterocycles. The van der Waals surface area contributed by atoms with Crippen molar-refractivity contribution in [2.75, 3.05) is 11.3 Å². The zero-order valence-corrected chi connectivity index (χ0v) is 19.8. The van der Waals surface area contributed by atoms with E-state index in [1.165, 1.54) is 0 Å². The highest BCUT2D eigenvalue weighted by molar-refractivity contribution is 7.93. The summed E-state index contributed by atoms with van der Waals surface area (Å²) >= 11 is 0. The number of aromatic amines is 1. The predicted molar refractivity (Wildman–Crippen MR) is 135 cm³/mol. The number of carbonyl (C=O) groups is 1. The Labute approximate surface area is 203 Å². The Morgan fingerprint density at radius 2 is 1.97 bits per heavy atom. The summed E-state index contributed by atoms with van der Waals surface area (Å²) in [5.41, 5.74) is 8.27. The zero-order chi connectivity index (χ0) is 24.6. The quantitative estimate of drug-likeness (QED) is 0.383. The van der Waals surface area contributed by atoms with Crippen molar-refractivity contribution in [3.05, 3.63) is 72.4 Å². The van der Waals surface area contributed by atoms with Gasteiger partial charge >= 0.3 is 0 Å². The molecule has 9 heteroatoms. The van der Waals surface area contributed by atoms with Gasteiger partial charge in [-0.15, -0.1) is 0 Å². The van der Waals surface area contributed by atoms with Crippen molar-refractivity contribution in [1.82, 2.24) is 9.88 Å². The molecule has 0 unspecified atom stereocenters. The van der Waals surface area contributed by atoms with Crippen LogP contribution < -0.4 is 10.5 Å². The van der Waals surface area contributed by atoms with Gasteiger partial charge in [-0.1, -0.05) is 36.4 Å². The highest BCUT2D eigenvalue weighted by Gasteiger charge is 2.32. The molecule has 0 aliphatic carbocycles. The molecule has 1 aliphatic rings. The number of nitrogens with one attached hydrogen (secondary N) is 2. The van der Waals surface area contributed by atoms with Crippen molar-refractivity contribution in [3.63, 3.8) is 0 Å². The third-order valence-corrected chi connectivity index (χ3v) is 7.94. The largest absolute Gasteiger partial charge is 0.361 e. The van der Waals surface area contributed by atoms with E-state index >= 15 is 0 Å². The van der Waals surface area contributed by atoms with E-state index < -0.39 is 22.1 Å². The molecule has 4 aromatic rings. The summed E-state index contributed by atoms with van der Waals surface area (Å²) in [5, 5.41) is 11.6. The monoisotopic (exact) mass is 487 g/mol. The smallest absolute Gasteiger partial charge is 0.262 e. The van der Waals surface area contributed by atoms with Crippen LogP contribution in [0.1, 0.15) is 18.4 Å². The topological polar surface area (TPSA) is 132 Å². The second kappa shape index (κ2) is 9.06. The third kappa shape index (κ3) is 4.34. The molecule has 0 radical (unpaired) electrons. The first kappa shape index (κ1) is 22.9. The normalized spacial score (nSPS) is 16.9. The van der Waals surface area contributed by atoms with Gasteiger partial charge in [-0.3, -0.25) is 9.52 Å². The minimum absolute atomic E-state index is 0.204. The summed E-state index contributed by atoms with van der Waals surface area (Å²) in [6, 6.07) is 18.7. The number of anilines is 1. The lowest BCUT2D eigenvalue weighted by Gasteiger charge is -2.23. The van der Waals surface area contributed by atoms with Crippen molar-refractivity contribution < 1.29 is 13.2 Å². The minimum atomic E-state index is -3.84. The molecular formula is C26H25N5O3S. The van der Waals surface area contributed by atoms with Gasteiger partial charge in [-0.25, -0.2) is 8.42 Å². The number of carbonyl (C=O) groups excluding carboxylic acids is 1. The summed E-state index contributed by atoms with van der Waals surface area (Å²) < 4.78 is 29.2. The first-order valence-corrected chi connectivity index (χ1v) is 12.9. The number of amides is 1. The van der Waals surface area contributed by atoms with Crippen molar-refractivity contribution in [3.8, 4) is 6.07 Å². The van der Waals surface area contributed by atoms with Crippen molar-refractivity contribution >= 4 is 43.3 Å². The molecule has 5 rings (SSSR count). The van der Waals surface area contributed by atoms with E-state index in [9.17, 15) is 18.5 Å². The van der Waals surface area contributed by atoms with Crippen LogP contribution in [0.5, 0.6) is 0 Å². The number of H-pyrrole nitrogens is 1. The lowest BCUT2D eigenvalue weighted by molar-refractivity contribution is -0.132. The van der Waals surface area contributed by atoms with Crippen LogP contribution in [0.2, 0.25) is 0 Å².